The summed E-state index contributed by atoms with van der Waals surface area (Å²) >= 11 is 0. The van der Waals surface area contributed by atoms with Crippen LogP contribution in [-0.2, 0) is 16.1 Å². The molecule has 0 N–H and O–H groups in total. The zero-order chi connectivity index (χ0) is 29.2. The van der Waals surface area contributed by atoms with Gasteiger partial charge in [0.1, 0.15) is 18.1 Å². The van der Waals surface area contributed by atoms with E-state index in [0.29, 0.717) is 18.8 Å². The van der Waals surface area contributed by atoms with Crippen LogP contribution in [0, 0.1) is 13.8 Å². The molecule has 0 aliphatic carbocycles. The average molecular weight is 562 g/mol. The number of fused-ring (bicyclic) bond motifs is 2. The third-order valence-electron chi connectivity index (χ3n) is 8.36. The van der Waals surface area contributed by atoms with Gasteiger partial charge in [0.05, 0.1) is 25.6 Å². The van der Waals surface area contributed by atoms with Gasteiger partial charge in [0, 0.05) is 28.8 Å². The molecule has 0 saturated heterocycles. The maximum atomic E-state index is 14.0. The first-order chi connectivity index (χ1) is 20.4. The van der Waals surface area contributed by atoms with Crippen LogP contribution in [0.4, 0.5) is 5.69 Å². The van der Waals surface area contributed by atoms with E-state index in [0.717, 1.165) is 33.9 Å². The van der Waals surface area contributed by atoms with Gasteiger partial charge in [-0.05, 0) is 67.8 Å². The number of nitrogens with zero attached hydrogens (tertiary/aromatic N) is 1. The van der Waals surface area contributed by atoms with Crippen molar-refractivity contribution in [1.29, 1.82) is 0 Å². The molecule has 4 aromatic carbocycles. The largest absolute Gasteiger partial charge is 0.493 e. The molecular formula is C36H35NO5. The predicted molar refractivity (Wildman–Crippen MR) is 162 cm³/mol. The summed E-state index contributed by atoms with van der Waals surface area (Å²) in [5, 5.41) is 0. The van der Waals surface area contributed by atoms with E-state index >= 15 is 0 Å². The van der Waals surface area contributed by atoms with Crippen molar-refractivity contribution >= 4 is 17.6 Å². The Balaban J connectivity index is 1.14. The summed E-state index contributed by atoms with van der Waals surface area (Å²) in [5.74, 6) is 1.29. The second kappa shape index (κ2) is 11.7. The summed E-state index contributed by atoms with van der Waals surface area (Å²) in [5.41, 5.74) is 6.61. The molecule has 3 atom stereocenters. The molecule has 2 heterocycles. The maximum Gasteiger partial charge on any atom is 0.306 e. The van der Waals surface area contributed by atoms with Gasteiger partial charge >= 0.3 is 5.97 Å². The normalized spacial score (nSPS) is 18.6. The molecule has 0 fully saturated rings. The standard InChI is InChI=1S/C36H35NO5/c1-23-13-16-34-32(17-23)27(22-41-34)21-40-28-14-15-29(24(2)18-28)36(39)37-25(3)31(30-11-7-8-12-33(30)37)19-35(38)42-20-26-9-5-4-6-10-26/h4-18,25,27,31H,19-22H2,1-3H3/t25?,27-,31?/m1/s1. The van der Waals surface area contributed by atoms with Crippen LogP contribution in [0.25, 0.3) is 0 Å². The van der Waals surface area contributed by atoms with Crippen molar-refractivity contribution in [3.8, 4) is 11.5 Å². The molecule has 214 valence electrons. The number of para-hydroxylation sites is 1. The number of hydrogen-bond donors (Lipinski definition) is 0. The van der Waals surface area contributed by atoms with Crippen LogP contribution in [0.1, 0.15) is 63.4 Å². The molecule has 0 bridgehead atoms. The van der Waals surface area contributed by atoms with Gasteiger partial charge in [0.15, 0.2) is 0 Å². The lowest BCUT2D eigenvalue weighted by atomic mass is 9.92. The third kappa shape index (κ3) is 5.49. The highest BCUT2D eigenvalue weighted by atomic mass is 16.5. The van der Waals surface area contributed by atoms with Crippen molar-refractivity contribution in [2.75, 3.05) is 18.1 Å². The molecule has 6 nitrogen and oxygen atoms in total. The number of anilines is 1. The summed E-state index contributed by atoms with van der Waals surface area (Å²) in [6.07, 6.45) is 0.202. The van der Waals surface area contributed by atoms with Gasteiger partial charge in [0.25, 0.3) is 5.91 Å². The van der Waals surface area contributed by atoms with E-state index in [2.05, 4.69) is 19.1 Å². The highest BCUT2D eigenvalue weighted by Gasteiger charge is 2.40. The Labute approximate surface area is 246 Å². The number of benzene rings is 4. The van der Waals surface area contributed by atoms with Crippen molar-refractivity contribution in [2.24, 2.45) is 0 Å². The van der Waals surface area contributed by atoms with Crippen LogP contribution in [0.15, 0.2) is 91.0 Å². The van der Waals surface area contributed by atoms with Crippen LogP contribution in [0.2, 0.25) is 0 Å². The lowest BCUT2D eigenvalue weighted by Crippen LogP contribution is -2.38. The molecule has 0 aromatic heterocycles. The summed E-state index contributed by atoms with van der Waals surface area (Å²) in [6, 6.07) is 29.1. The summed E-state index contributed by atoms with van der Waals surface area (Å²) in [7, 11) is 0. The van der Waals surface area contributed by atoms with Gasteiger partial charge in [-0.1, -0.05) is 66.2 Å². The first-order valence-electron chi connectivity index (χ1n) is 14.5. The number of aryl methyl sites for hydroxylation is 2. The van der Waals surface area contributed by atoms with Crippen molar-refractivity contribution in [3.63, 3.8) is 0 Å². The fourth-order valence-corrected chi connectivity index (χ4v) is 6.06. The van der Waals surface area contributed by atoms with Crippen LogP contribution < -0.4 is 14.4 Å². The molecule has 0 saturated carbocycles. The van der Waals surface area contributed by atoms with E-state index in [4.69, 9.17) is 14.2 Å². The van der Waals surface area contributed by atoms with E-state index in [9.17, 15) is 9.59 Å². The maximum absolute atomic E-state index is 14.0. The second-order valence-electron chi connectivity index (χ2n) is 11.3. The Morgan fingerprint density at radius 3 is 2.50 bits per heavy atom. The molecule has 4 aromatic rings. The Hall–Kier alpha value is -4.58. The molecule has 6 rings (SSSR count). The Bertz CT molecular complexity index is 1610. The molecule has 2 unspecified atom stereocenters. The first-order valence-corrected chi connectivity index (χ1v) is 14.5. The van der Waals surface area contributed by atoms with E-state index in [-0.39, 0.29) is 42.8 Å². The first kappa shape index (κ1) is 27.6. The predicted octanol–water partition coefficient (Wildman–Crippen LogP) is 7.12. The highest BCUT2D eigenvalue weighted by Crippen LogP contribution is 2.44. The lowest BCUT2D eigenvalue weighted by Gasteiger charge is -2.26. The minimum atomic E-state index is -0.275. The summed E-state index contributed by atoms with van der Waals surface area (Å²) < 4.78 is 17.6. The minimum Gasteiger partial charge on any atom is -0.493 e. The smallest absolute Gasteiger partial charge is 0.306 e. The fourth-order valence-electron chi connectivity index (χ4n) is 6.06. The van der Waals surface area contributed by atoms with Gasteiger partial charge in [-0.3, -0.25) is 9.59 Å². The minimum absolute atomic E-state index is 0.0900. The summed E-state index contributed by atoms with van der Waals surface area (Å²) in [4.78, 5) is 28.7. The third-order valence-corrected chi connectivity index (χ3v) is 8.36. The molecular weight excluding hydrogens is 526 g/mol. The summed E-state index contributed by atoms with van der Waals surface area (Å²) in [6.45, 7) is 7.35. The topological polar surface area (TPSA) is 65.1 Å². The highest BCUT2D eigenvalue weighted by molar-refractivity contribution is 6.09. The quantitative estimate of drug-likeness (QED) is 0.214. The molecule has 0 radical (unpaired) electrons. The van der Waals surface area contributed by atoms with Crippen molar-refractivity contribution in [1.82, 2.24) is 0 Å². The van der Waals surface area contributed by atoms with E-state index in [1.165, 1.54) is 11.1 Å². The van der Waals surface area contributed by atoms with E-state index in [1.807, 2.05) is 97.6 Å². The zero-order valence-electron chi connectivity index (χ0n) is 24.2. The van der Waals surface area contributed by atoms with Gasteiger partial charge in [-0.2, -0.15) is 0 Å². The van der Waals surface area contributed by atoms with Gasteiger partial charge < -0.3 is 19.1 Å². The zero-order valence-corrected chi connectivity index (χ0v) is 24.2. The van der Waals surface area contributed by atoms with Gasteiger partial charge in [-0.25, -0.2) is 0 Å². The molecule has 6 heteroatoms. The second-order valence-corrected chi connectivity index (χ2v) is 11.3. The number of carbonyl (C=O) groups excluding carboxylic acids is 2. The molecule has 1 amide bonds. The average Bonchev–Trinajstić information content (AvgIpc) is 3.52. The van der Waals surface area contributed by atoms with Crippen molar-refractivity contribution in [2.45, 2.75) is 51.7 Å². The van der Waals surface area contributed by atoms with Crippen LogP contribution in [0.5, 0.6) is 11.5 Å². The van der Waals surface area contributed by atoms with Crippen molar-refractivity contribution < 1.29 is 23.8 Å². The van der Waals surface area contributed by atoms with Crippen molar-refractivity contribution in [3.05, 3.63) is 124 Å². The van der Waals surface area contributed by atoms with Crippen LogP contribution in [-0.4, -0.2) is 31.1 Å². The number of esters is 1. The molecule has 2 aliphatic rings. The van der Waals surface area contributed by atoms with Crippen LogP contribution >= 0.6 is 0 Å². The number of hydrogen-bond acceptors (Lipinski definition) is 5. The number of amides is 1. The Kier molecular flexibility index (Phi) is 7.70. The van der Waals surface area contributed by atoms with Gasteiger partial charge in [-0.15, -0.1) is 0 Å². The Morgan fingerprint density at radius 2 is 1.69 bits per heavy atom. The lowest BCUT2D eigenvalue weighted by molar-refractivity contribution is -0.145. The number of rotatable bonds is 8. The SMILES string of the molecule is Cc1ccc2c(c1)[C@H](COc1ccc(C(=O)N3c4ccccc4C(CC(=O)OCc4ccccc4)C3C)c(C)c1)CO2. The van der Waals surface area contributed by atoms with Gasteiger partial charge in [0.2, 0.25) is 0 Å². The fraction of sp³-hybridized carbons (Fsp3) is 0.278. The Morgan fingerprint density at radius 1 is 0.905 bits per heavy atom. The monoisotopic (exact) mass is 561 g/mol. The van der Waals surface area contributed by atoms with E-state index in [1.54, 1.807) is 0 Å². The molecule has 2 aliphatic heterocycles. The number of carbonyl (C=O) groups is 2. The number of ether oxygens (including phenoxy) is 3. The van der Waals surface area contributed by atoms with E-state index < -0.39 is 0 Å². The molecule has 0 spiro atoms. The molecule has 42 heavy (non-hydrogen) atoms. The van der Waals surface area contributed by atoms with Crippen LogP contribution in [0.3, 0.4) is 0 Å².